The highest BCUT2D eigenvalue weighted by molar-refractivity contribution is 14.1. The number of aliphatic hydroxyl groups excluding tert-OH is 2. The van der Waals surface area contributed by atoms with E-state index in [2.05, 4.69) is 39.8 Å². The molecule has 4 unspecified atom stereocenters. The lowest BCUT2D eigenvalue weighted by Gasteiger charge is -2.25. The molecule has 0 fully saturated rings. The van der Waals surface area contributed by atoms with Gasteiger partial charge in [0.15, 0.2) is 6.29 Å². The van der Waals surface area contributed by atoms with Gasteiger partial charge in [-0.15, -0.1) is 0 Å². The molecule has 0 aliphatic heterocycles. The van der Waals surface area contributed by atoms with Crippen molar-refractivity contribution in [3.05, 3.63) is 0 Å². The van der Waals surface area contributed by atoms with Gasteiger partial charge >= 0.3 is 0 Å². The van der Waals surface area contributed by atoms with Crippen LogP contribution in [0.5, 0.6) is 0 Å². The molecule has 0 aromatic carbocycles. The zero-order valence-electron chi connectivity index (χ0n) is 19.8. The van der Waals surface area contributed by atoms with Crippen LogP contribution in [0.4, 0.5) is 0 Å². The van der Waals surface area contributed by atoms with Crippen LogP contribution in [-0.2, 0) is 4.74 Å². The normalized spacial score (nSPS) is 16.2. The summed E-state index contributed by atoms with van der Waals surface area (Å²) in [7, 11) is 3.98. The van der Waals surface area contributed by atoms with Gasteiger partial charge in [0.1, 0.15) is 6.23 Å². The molecule has 0 amide bonds. The Morgan fingerprint density at radius 2 is 1.70 bits per heavy atom. The van der Waals surface area contributed by atoms with Crippen LogP contribution < -0.4 is 5.73 Å². The summed E-state index contributed by atoms with van der Waals surface area (Å²) in [4.78, 5) is 1.98. The summed E-state index contributed by atoms with van der Waals surface area (Å²) < 4.78 is 7.72. The maximum absolute atomic E-state index is 10.2. The predicted molar refractivity (Wildman–Crippen MR) is 139 cm³/mol. The molecule has 182 valence electrons. The van der Waals surface area contributed by atoms with Gasteiger partial charge in [0.05, 0.1) is 6.61 Å². The molecular formula is C22H48IN3O3S. The minimum absolute atomic E-state index is 0.143. The predicted octanol–water partition coefficient (Wildman–Crippen LogP) is 4.08. The van der Waals surface area contributed by atoms with Crippen molar-refractivity contribution in [2.45, 2.75) is 90.2 Å². The smallest absolute Gasteiger partial charge is 0.155 e. The largest absolute Gasteiger partial charge is 0.378 e. The maximum atomic E-state index is 10.2. The number of hydrogen-bond donors (Lipinski definition) is 3. The second-order valence-electron chi connectivity index (χ2n) is 8.37. The first kappa shape index (κ1) is 30.8. The molecule has 0 spiro atoms. The Balaban J connectivity index is 3.66. The topological polar surface area (TPSA) is 82.2 Å². The van der Waals surface area contributed by atoms with E-state index in [0.717, 1.165) is 56.7 Å². The fourth-order valence-corrected chi connectivity index (χ4v) is 4.29. The summed E-state index contributed by atoms with van der Waals surface area (Å²) in [5.74, 6) is 2.54. The van der Waals surface area contributed by atoms with Gasteiger partial charge in [-0.2, -0.15) is 11.8 Å². The molecule has 0 aliphatic carbocycles. The Morgan fingerprint density at radius 3 is 2.33 bits per heavy atom. The van der Waals surface area contributed by atoms with Crippen LogP contribution >= 0.6 is 34.6 Å². The Kier molecular flexibility index (Phi) is 21.0. The number of hydrogen-bond acceptors (Lipinski definition) is 7. The number of aliphatic hydroxyl groups is 2. The molecule has 0 rings (SSSR count). The van der Waals surface area contributed by atoms with Crippen molar-refractivity contribution in [2.75, 3.05) is 45.3 Å². The molecule has 0 saturated carbocycles. The SMILES string of the molecule is CCCCC(CC)COC(O)CCSCCCC(N)CCC(O)N(C)CCN(C)I. The van der Waals surface area contributed by atoms with Crippen molar-refractivity contribution in [3.63, 3.8) is 0 Å². The van der Waals surface area contributed by atoms with Crippen molar-refractivity contribution >= 4 is 34.6 Å². The van der Waals surface area contributed by atoms with Crippen molar-refractivity contribution in [2.24, 2.45) is 11.7 Å². The summed E-state index contributed by atoms with van der Waals surface area (Å²) in [6.07, 6.45) is 8.01. The minimum atomic E-state index is -0.638. The van der Waals surface area contributed by atoms with E-state index >= 15 is 0 Å². The molecule has 0 bridgehead atoms. The molecule has 8 heteroatoms. The van der Waals surface area contributed by atoms with E-state index in [9.17, 15) is 10.2 Å². The summed E-state index contributed by atoms with van der Waals surface area (Å²) in [6, 6.07) is 0.143. The number of nitrogens with two attached hydrogens (primary N) is 1. The minimum Gasteiger partial charge on any atom is -0.378 e. The molecule has 0 heterocycles. The van der Waals surface area contributed by atoms with Gasteiger partial charge in [0.25, 0.3) is 0 Å². The van der Waals surface area contributed by atoms with Crippen LogP contribution in [0.25, 0.3) is 0 Å². The fraction of sp³-hybridized carbons (Fsp3) is 1.00. The van der Waals surface area contributed by atoms with E-state index in [-0.39, 0.29) is 6.04 Å². The van der Waals surface area contributed by atoms with Gasteiger partial charge in [-0.05, 0) is 63.6 Å². The number of unbranched alkanes of at least 4 members (excludes halogenated alkanes) is 1. The molecule has 4 atom stereocenters. The number of rotatable bonds is 21. The van der Waals surface area contributed by atoms with Crippen LogP contribution in [0.2, 0.25) is 0 Å². The van der Waals surface area contributed by atoms with E-state index < -0.39 is 12.5 Å². The lowest BCUT2D eigenvalue weighted by Crippen LogP contribution is -2.36. The molecule has 6 nitrogen and oxygen atoms in total. The van der Waals surface area contributed by atoms with Crippen LogP contribution in [0.15, 0.2) is 0 Å². The molecule has 0 aromatic heterocycles. The van der Waals surface area contributed by atoms with Gasteiger partial charge in [-0.3, -0.25) is 4.90 Å². The lowest BCUT2D eigenvalue weighted by molar-refractivity contribution is -0.111. The third-order valence-electron chi connectivity index (χ3n) is 5.51. The Labute approximate surface area is 204 Å². The quantitative estimate of drug-likeness (QED) is 0.0844. The van der Waals surface area contributed by atoms with Crippen molar-refractivity contribution in [3.8, 4) is 0 Å². The highest BCUT2D eigenvalue weighted by Gasteiger charge is 2.14. The molecule has 4 N–H and O–H groups in total. The van der Waals surface area contributed by atoms with E-state index in [1.165, 1.54) is 19.3 Å². The third-order valence-corrected chi connectivity index (χ3v) is 7.09. The number of ether oxygens (including phenoxy) is 1. The summed E-state index contributed by atoms with van der Waals surface area (Å²) in [5, 5.41) is 20.2. The second-order valence-corrected chi connectivity index (χ2v) is 11.2. The van der Waals surface area contributed by atoms with E-state index in [1.807, 2.05) is 30.8 Å². The maximum Gasteiger partial charge on any atom is 0.155 e. The molecule has 0 aromatic rings. The van der Waals surface area contributed by atoms with Gasteiger partial charge in [-0.25, -0.2) is 3.11 Å². The van der Waals surface area contributed by atoms with E-state index in [0.29, 0.717) is 18.9 Å². The Bertz CT molecular complexity index is 384. The van der Waals surface area contributed by atoms with Gasteiger partial charge in [-0.1, -0.05) is 33.1 Å². The number of thioether (sulfide) groups is 1. The van der Waals surface area contributed by atoms with Crippen molar-refractivity contribution < 1.29 is 14.9 Å². The van der Waals surface area contributed by atoms with E-state index in [4.69, 9.17) is 10.5 Å². The van der Waals surface area contributed by atoms with Crippen molar-refractivity contribution in [1.82, 2.24) is 8.01 Å². The molecule has 0 radical (unpaired) electrons. The summed E-state index contributed by atoms with van der Waals surface area (Å²) in [6.45, 7) is 6.85. The first-order chi connectivity index (χ1) is 14.3. The average Bonchev–Trinajstić information content (AvgIpc) is 2.72. The lowest BCUT2D eigenvalue weighted by atomic mass is 10.0. The van der Waals surface area contributed by atoms with Gasteiger partial charge < -0.3 is 20.7 Å². The van der Waals surface area contributed by atoms with Crippen LogP contribution in [0.1, 0.15) is 71.6 Å². The standard InChI is InChI=1S/C22H48IN3O3S/c1-5-7-9-19(6-2)18-29-22(28)13-17-30-16-8-10-20(24)11-12-21(27)25(3)14-15-26(4)23/h19-22,27-28H,5-18,24H2,1-4H3. The third kappa shape index (κ3) is 18.4. The monoisotopic (exact) mass is 561 g/mol. The van der Waals surface area contributed by atoms with Gasteiger partial charge in [0.2, 0.25) is 0 Å². The second kappa shape index (κ2) is 20.4. The fourth-order valence-electron chi connectivity index (χ4n) is 3.13. The summed E-state index contributed by atoms with van der Waals surface area (Å²) in [5.41, 5.74) is 6.21. The highest BCUT2D eigenvalue weighted by atomic mass is 127. The number of likely N-dealkylation sites (N-methyl/N-ethyl adjacent to an activating group) is 2. The average molecular weight is 562 g/mol. The molecule has 0 aliphatic rings. The Morgan fingerprint density at radius 1 is 0.967 bits per heavy atom. The zero-order chi connectivity index (χ0) is 22.8. The van der Waals surface area contributed by atoms with Crippen molar-refractivity contribution in [1.29, 1.82) is 0 Å². The van der Waals surface area contributed by atoms with Crippen LogP contribution in [0, 0.1) is 5.92 Å². The van der Waals surface area contributed by atoms with Crippen LogP contribution in [-0.4, -0.2) is 82.1 Å². The summed E-state index contributed by atoms with van der Waals surface area (Å²) >= 11 is 4.11. The first-order valence-electron chi connectivity index (χ1n) is 11.7. The number of halogens is 1. The molecular weight excluding hydrogens is 513 g/mol. The number of nitrogens with zero attached hydrogens (tertiary/aromatic N) is 2. The Hall–Kier alpha value is 0.840. The van der Waals surface area contributed by atoms with E-state index in [1.54, 1.807) is 0 Å². The zero-order valence-corrected chi connectivity index (χ0v) is 22.7. The van der Waals surface area contributed by atoms with Crippen LogP contribution in [0.3, 0.4) is 0 Å². The molecule has 0 saturated heterocycles. The highest BCUT2D eigenvalue weighted by Crippen LogP contribution is 2.16. The molecule has 30 heavy (non-hydrogen) atoms. The first-order valence-corrected chi connectivity index (χ1v) is 13.8. The van der Waals surface area contributed by atoms with Gasteiger partial charge in [0, 0.05) is 48.4 Å².